The third kappa shape index (κ3) is 6.83. The van der Waals surface area contributed by atoms with Crippen LogP contribution in [0.4, 0.5) is 5.69 Å². The number of rotatable bonds is 8. The number of amides is 1. The zero-order valence-corrected chi connectivity index (χ0v) is 21.9. The third-order valence-corrected chi connectivity index (χ3v) is 6.15. The lowest BCUT2D eigenvalue weighted by atomic mass is 10.1. The van der Waals surface area contributed by atoms with Gasteiger partial charge in [-0.3, -0.25) is 4.79 Å². The molecule has 33 heavy (non-hydrogen) atoms. The van der Waals surface area contributed by atoms with Crippen LogP contribution in [0.3, 0.4) is 0 Å². The molecular weight excluding hydrogens is 595 g/mol. The molecule has 0 unspecified atom stereocenters. The highest BCUT2D eigenvalue weighted by atomic mass is 127. The Morgan fingerprint density at radius 2 is 1.79 bits per heavy atom. The normalized spacial score (nSPS) is 10.9. The molecule has 0 aliphatic heterocycles. The largest absolute Gasteiger partial charge is 0.493 e. The fourth-order valence-corrected chi connectivity index (χ4v) is 3.97. The number of anilines is 1. The Bertz CT molecular complexity index is 1200. The van der Waals surface area contributed by atoms with Crippen LogP contribution >= 0.6 is 38.5 Å². The minimum absolute atomic E-state index is 0.0175. The molecule has 168 valence electrons. The van der Waals surface area contributed by atoms with E-state index < -0.39 is 5.91 Å². The predicted molar refractivity (Wildman–Crippen MR) is 142 cm³/mol. The van der Waals surface area contributed by atoms with Crippen LogP contribution in [0.2, 0.25) is 0 Å². The second kappa shape index (κ2) is 11.9. The maximum Gasteiger partial charge on any atom is 0.266 e. The summed E-state index contributed by atoms with van der Waals surface area (Å²) >= 11 is 5.78. The van der Waals surface area contributed by atoms with Crippen LogP contribution in [-0.4, -0.2) is 13.0 Å². The van der Waals surface area contributed by atoms with Crippen molar-refractivity contribution in [1.29, 1.82) is 5.26 Å². The quantitative estimate of drug-likeness (QED) is 0.173. The molecular formula is C26H22BrIN2O3. The number of nitriles is 1. The molecule has 5 nitrogen and oxygen atoms in total. The number of ether oxygens (including phenoxy) is 2. The molecule has 1 N–H and O–H groups in total. The Balaban J connectivity index is 1.79. The smallest absolute Gasteiger partial charge is 0.266 e. The van der Waals surface area contributed by atoms with E-state index in [-0.39, 0.29) is 5.57 Å². The predicted octanol–water partition coefficient (Wildman–Crippen LogP) is 6.75. The Kier molecular flexibility index (Phi) is 8.92. The van der Waals surface area contributed by atoms with Crippen molar-refractivity contribution in [3.05, 3.63) is 91.0 Å². The van der Waals surface area contributed by atoms with Gasteiger partial charge in [-0.15, -0.1) is 0 Å². The van der Waals surface area contributed by atoms with Gasteiger partial charge in [0.05, 0.1) is 11.6 Å². The van der Waals surface area contributed by atoms with Gasteiger partial charge in [-0.1, -0.05) is 31.2 Å². The average molecular weight is 617 g/mol. The monoisotopic (exact) mass is 616 g/mol. The number of nitrogens with zero attached hydrogens (tertiary/aromatic N) is 1. The van der Waals surface area contributed by atoms with E-state index in [1.807, 2.05) is 54.6 Å². The molecule has 3 rings (SSSR count). The molecule has 0 spiro atoms. The summed E-state index contributed by atoms with van der Waals surface area (Å²) in [6, 6.07) is 21.1. The highest BCUT2D eigenvalue weighted by Crippen LogP contribution is 2.37. The first-order chi connectivity index (χ1) is 15.9. The van der Waals surface area contributed by atoms with Gasteiger partial charge >= 0.3 is 0 Å². The highest BCUT2D eigenvalue weighted by molar-refractivity contribution is 14.1. The molecule has 0 heterocycles. The summed E-state index contributed by atoms with van der Waals surface area (Å²) in [5.74, 6) is 0.567. The Labute approximate surface area is 215 Å². The molecule has 0 saturated heterocycles. The van der Waals surface area contributed by atoms with Gasteiger partial charge in [0.25, 0.3) is 5.91 Å². The zero-order valence-electron chi connectivity index (χ0n) is 18.2. The van der Waals surface area contributed by atoms with Gasteiger partial charge in [0.2, 0.25) is 0 Å². The number of carbonyl (C=O) groups is 1. The Morgan fingerprint density at radius 3 is 2.39 bits per heavy atom. The zero-order chi connectivity index (χ0) is 23.8. The van der Waals surface area contributed by atoms with E-state index in [1.54, 1.807) is 19.2 Å². The summed E-state index contributed by atoms with van der Waals surface area (Å²) in [6.45, 7) is 2.44. The van der Waals surface area contributed by atoms with Crippen molar-refractivity contribution in [3.63, 3.8) is 0 Å². The van der Waals surface area contributed by atoms with Crippen LogP contribution in [0.15, 0.2) is 70.7 Å². The minimum atomic E-state index is -0.476. The van der Waals surface area contributed by atoms with Gasteiger partial charge < -0.3 is 14.8 Å². The van der Waals surface area contributed by atoms with Crippen LogP contribution in [0.5, 0.6) is 11.5 Å². The number of halogens is 2. The number of methoxy groups -OCH3 is 1. The Hall–Kier alpha value is -2.83. The van der Waals surface area contributed by atoms with Crippen molar-refractivity contribution in [2.24, 2.45) is 0 Å². The number of hydrogen-bond acceptors (Lipinski definition) is 4. The fraction of sp³-hybridized carbons (Fsp3) is 0.154. The van der Waals surface area contributed by atoms with Gasteiger partial charge in [-0.25, -0.2) is 0 Å². The van der Waals surface area contributed by atoms with Crippen molar-refractivity contribution in [1.82, 2.24) is 0 Å². The van der Waals surface area contributed by atoms with E-state index in [0.29, 0.717) is 33.8 Å². The van der Waals surface area contributed by atoms with Gasteiger partial charge in [0, 0.05) is 9.26 Å². The second-order valence-corrected chi connectivity index (χ2v) is 9.22. The summed E-state index contributed by atoms with van der Waals surface area (Å²) in [7, 11) is 1.55. The molecule has 1 amide bonds. The lowest BCUT2D eigenvalue weighted by Gasteiger charge is -2.14. The molecule has 7 heteroatoms. The van der Waals surface area contributed by atoms with Crippen molar-refractivity contribution >= 4 is 56.2 Å². The number of hydrogen-bond donors (Lipinski definition) is 1. The Morgan fingerprint density at radius 1 is 1.12 bits per heavy atom. The molecule has 0 saturated carbocycles. The number of carbonyl (C=O) groups excluding carboxylic acids is 1. The van der Waals surface area contributed by atoms with E-state index >= 15 is 0 Å². The molecule has 0 aliphatic rings. The van der Waals surface area contributed by atoms with E-state index in [1.165, 1.54) is 11.6 Å². The topological polar surface area (TPSA) is 71.4 Å². The molecule has 3 aromatic rings. The van der Waals surface area contributed by atoms with Gasteiger partial charge in [-0.05, 0) is 104 Å². The van der Waals surface area contributed by atoms with E-state index in [0.717, 1.165) is 15.6 Å². The lowest BCUT2D eigenvalue weighted by Crippen LogP contribution is -2.13. The fourth-order valence-electron chi connectivity index (χ4n) is 3.04. The summed E-state index contributed by atoms with van der Waals surface area (Å²) in [5, 5.41) is 12.3. The SMILES string of the molecule is CCc1ccc(NC(=O)/C(C#N)=C/c2cc(Br)c(OCc3ccc(I)cc3)c(OC)c2)cc1. The first-order valence-electron chi connectivity index (χ1n) is 10.2. The maximum absolute atomic E-state index is 12.6. The molecule has 0 radical (unpaired) electrons. The van der Waals surface area contributed by atoms with E-state index in [2.05, 4.69) is 50.8 Å². The van der Waals surface area contributed by atoms with Crippen molar-refractivity contribution in [2.45, 2.75) is 20.0 Å². The van der Waals surface area contributed by atoms with Crippen LogP contribution in [0, 0.1) is 14.9 Å². The van der Waals surface area contributed by atoms with E-state index in [9.17, 15) is 10.1 Å². The maximum atomic E-state index is 12.6. The molecule has 0 aromatic heterocycles. The van der Waals surface area contributed by atoms with E-state index in [4.69, 9.17) is 9.47 Å². The first kappa shape index (κ1) is 24.8. The summed E-state index contributed by atoms with van der Waals surface area (Å²) in [5.41, 5.74) is 3.45. The molecule has 3 aromatic carbocycles. The number of aryl methyl sites for hydroxylation is 1. The van der Waals surface area contributed by atoms with Gasteiger partial charge in [0.15, 0.2) is 11.5 Å². The van der Waals surface area contributed by atoms with Crippen molar-refractivity contribution in [3.8, 4) is 17.6 Å². The standard InChI is InChI=1S/C26H22BrIN2O3/c1-3-17-6-10-22(11-7-17)30-26(31)20(15-29)12-19-13-23(27)25(24(14-19)32-2)33-16-18-4-8-21(28)9-5-18/h4-14H,3,16H2,1-2H3,(H,30,31)/b20-12+. The average Bonchev–Trinajstić information content (AvgIpc) is 2.83. The first-order valence-corrected chi connectivity index (χ1v) is 12.1. The van der Waals surface area contributed by atoms with Crippen LogP contribution in [0.25, 0.3) is 6.08 Å². The van der Waals surface area contributed by atoms with Crippen LogP contribution < -0.4 is 14.8 Å². The molecule has 0 bridgehead atoms. The molecule has 0 aliphatic carbocycles. The van der Waals surface area contributed by atoms with Gasteiger partial charge in [0.1, 0.15) is 18.2 Å². The van der Waals surface area contributed by atoms with Crippen LogP contribution in [-0.2, 0) is 17.8 Å². The van der Waals surface area contributed by atoms with Crippen LogP contribution in [0.1, 0.15) is 23.6 Å². The summed E-state index contributed by atoms with van der Waals surface area (Å²) in [6.07, 6.45) is 2.44. The summed E-state index contributed by atoms with van der Waals surface area (Å²) < 4.78 is 13.3. The van der Waals surface area contributed by atoms with Crippen molar-refractivity contribution < 1.29 is 14.3 Å². The molecule has 0 fully saturated rings. The molecule has 0 atom stereocenters. The van der Waals surface area contributed by atoms with Crippen molar-refractivity contribution in [2.75, 3.05) is 12.4 Å². The third-order valence-electron chi connectivity index (χ3n) is 4.84. The number of nitrogens with one attached hydrogen (secondary N) is 1. The summed E-state index contributed by atoms with van der Waals surface area (Å²) in [4.78, 5) is 12.6. The minimum Gasteiger partial charge on any atom is -0.493 e. The second-order valence-electron chi connectivity index (χ2n) is 7.12. The lowest BCUT2D eigenvalue weighted by molar-refractivity contribution is -0.112. The van der Waals surface area contributed by atoms with Gasteiger partial charge in [-0.2, -0.15) is 5.26 Å². The number of benzene rings is 3. The highest BCUT2D eigenvalue weighted by Gasteiger charge is 2.14.